The topological polar surface area (TPSA) is 26.3 Å². The molecule has 0 aliphatic heterocycles. The zero-order valence-electron chi connectivity index (χ0n) is 8.42. The van der Waals surface area contributed by atoms with E-state index in [1.54, 1.807) is 6.92 Å². The summed E-state index contributed by atoms with van der Waals surface area (Å²) in [4.78, 5) is 11.5. The molecule has 0 fully saturated rings. The van der Waals surface area contributed by atoms with Gasteiger partial charge in [0.2, 0.25) is 0 Å². The lowest BCUT2D eigenvalue weighted by Crippen LogP contribution is -2.06. The van der Waals surface area contributed by atoms with Crippen molar-refractivity contribution < 1.29 is 9.53 Å². The molecule has 0 unspecified atom stereocenters. The first-order chi connectivity index (χ1) is 7.19. The van der Waals surface area contributed by atoms with E-state index in [1.807, 2.05) is 24.3 Å². The number of esters is 1. The summed E-state index contributed by atoms with van der Waals surface area (Å²) in [5.41, 5.74) is 3.78. The van der Waals surface area contributed by atoms with Gasteiger partial charge >= 0.3 is 5.97 Å². The van der Waals surface area contributed by atoms with E-state index in [-0.39, 0.29) is 5.97 Å². The lowest BCUT2D eigenvalue weighted by molar-refractivity contribution is -0.136. The van der Waals surface area contributed by atoms with Crippen molar-refractivity contribution in [2.75, 3.05) is 6.61 Å². The highest BCUT2D eigenvalue weighted by atomic mass is 127. The number of rotatable bonds is 3. The highest BCUT2D eigenvalue weighted by Gasteiger charge is 2.11. The molecule has 1 aromatic carbocycles. The molecule has 3 heteroatoms. The van der Waals surface area contributed by atoms with E-state index in [1.165, 1.54) is 0 Å². The van der Waals surface area contributed by atoms with Gasteiger partial charge < -0.3 is 4.74 Å². The number of halogens is 1. The van der Waals surface area contributed by atoms with Gasteiger partial charge in [0.25, 0.3) is 0 Å². The minimum absolute atomic E-state index is 0.356. The fraction of sp³-hybridized carbons (Fsp3) is 0.167. The van der Waals surface area contributed by atoms with Crippen molar-refractivity contribution >= 4 is 34.1 Å². The molecule has 0 amide bonds. The fourth-order valence-electron chi connectivity index (χ4n) is 1.11. The Balaban J connectivity index is 2.99. The maximum absolute atomic E-state index is 11.5. The van der Waals surface area contributed by atoms with Crippen LogP contribution in [0.4, 0.5) is 0 Å². The summed E-state index contributed by atoms with van der Waals surface area (Å²) in [6.07, 6.45) is 0. The molecule has 0 saturated carbocycles. The van der Waals surface area contributed by atoms with E-state index in [0.717, 1.165) is 9.13 Å². The minimum atomic E-state index is -0.381. The second kappa shape index (κ2) is 5.73. The molecule has 78 valence electrons. The second-order valence-electron chi connectivity index (χ2n) is 2.78. The van der Waals surface area contributed by atoms with Crippen molar-refractivity contribution in [2.45, 2.75) is 6.92 Å². The molecule has 0 spiro atoms. The van der Waals surface area contributed by atoms with E-state index < -0.39 is 0 Å². The normalized spacial score (nSPS) is 9.20. The quantitative estimate of drug-likeness (QED) is 0.371. The monoisotopic (exact) mass is 314 g/mol. The summed E-state index contributed by atoms with van der Waals surface area (Å²) in [5.74, 6) is -0.381. The van der Waals surface area contributed by atoms with Gasteiger partial charge in [0, 0.05) is 3.57 Å². The molecule has 0 N–H and O–H groups in total. The molecular formula is C12H11IO2. The van der Waals surface area contributed by atoms with Crippen LogP contribution in [0.25, 0.3) is 5.57 Å². The van der Waals surface area contributed by atoms with Crippen molar-refractivity contribution in [3.63, 3.8) is 0 Å². The summed E-state index contributed by atoms with van der Waals surface area (Å²) in [5, 5.41) is 0. The zero-order valence-corrected chi connectivity index (χ0v) is 10.6. The molecule has 0 bridgehead atoms. The summed E-state index contributed by atoms with van der Waals surface area (Å²) in [7, 11) is 0. The van der Waals surface area contributed by atoms with Crippen molar-refractivity contribution in [3.8, 4) is 0 Å². The molecule has 0 aliphatic rings. The first-order valence-electron chi connectivity index (χ1n) is 4.52. The Morgan fingerprint density at radius 2 is 2.07 bits per heavy atom. The number of carbonyl (C=O) groups is 1. The van der Waals surface area contributed by atoms with E-state index in [2.05, 4.69) is 34.9 Å². The van der Waals surface area contributed by atoms with Gasteiger partial charge in [0.1, 0.15) is 5.57 Å². The van der Waals surface area contributed by atoms with Crippen LogP contribution in [0, 0.1) is 3.57 Å². The smallest absolute Gasteiger partial charge is 0.346 e. The maximum atomic E-state index is 11.5. The van der Waals surface area contributed by atoms with Gasteiger partial charge in [-0.15, -0.1) is 5.73 Å². The number of carbonyl (C=O) groups excluding carboxylic acids is 1. The minimum Gasteiger partial charge on any atom is -0.462 e. The van der Waals surface area contributed by atoms with Gasteiger partial charge in [-0.25, -0.2) is 4.79 Å². The molecule has 2 nitrogen and oxygen atoms in total. The first-order valence-corrected chi connectivity index (χ1v) is 5.60. The Morgan fingerprint density at radius 1 is 1.47 bits per heavy atom. The van der Waals surface area contributed by atoms with Gasteiger partial charge in [0.15, 0.2) is 0 Å². The average molecular weight is 314 g/mol. The maximum Gasteiger partial charge on any atom is 0.346 e. The van der Waals surface area contributed by atoms with Crippen LogP contribution in [0.5, 0.6) is 0 Å². The molecular weight excluding hydrogens is 303 g/mol. The van der Waals surface area contributed by atoms with E-state index >= 15 is 0 Å². The van der Waals surface area contributed by atoms with Crippen molar-refractivity contribution in [2.24, 2.45) is 0 Å². The predicted octanol–water partition coefficient (Wildman–Crippen LogP) is 3.02. The Kier molecular flexibility index (Phi) is 4.59. The molecule has 0 atom stereocenters. The summed E-state index contributed by atoms with van der Waals surface area (Å²) >= 11 is 2.20. The van der Waals surface area contributed by atoms with Gasteiger partial charge in [0.05, 0.1) is 6.61 Å². The van der Waals surface area contributed by atoms with Crippen LogP contribution < -0.4 is 0 Å². The van der Waals surface area contributed by atoms with Crippen LogP contribution >= 0.6 is 22.6 Å². The third kappa shape index (κ3) is 3.22. The Morgan fingerprint density at radius 3 is 2.53 bits per heavy atom. The largest absolute Gasteiger partial charge is 0.462 e. The Hall–Kier alpha value is -1.06. The van der Waals surface area contributed by atoms with Crippen LogP contribution in [0.15, 0.2) is 36.6 Å². The van der Waals surface area contributed by atoms with Crippen molar-refractivity contribution in [3.05, 3.63) is 45.7 Å². The Bertz CT molecular complexity index is 400. The molecule has 0 radical (unpaired) electrons. The Labute approximate surface area is 103 Å². The lowest BCUT2D eigenvalue weighted by atomic mass is 10.1. The van der Waals surface area contributed by atoms with Crippen LogP contribution in [0.3, 0.4) is 0 Å². The molecule has 0 aromatic heterocycles. The van der Waals surface area contributed by atoms with Crippen molar-refractivity contribution in [1.82, 2.24) is 0 Å². The summed E-state index contributed by atoms with van der Waals surface area (Å²) in [6.45, 7) is 5.62. The predicted molar refractivity (Wildman–Crippen MR) is 68.3 cm³/mol. The SMILES string of the molecule is C=C=C(C(=O)OCC)c1ccc(I)cc1. The summed E-state index contributed by atoms with van der Waals surface area (Å²) < 4.78 is 6.01. The molecule has 0 heterocycles. The van der Waals surface area contributed by atoms with Gasteiger partial charge in [-0.3, -0.25) is 0 Å². The van der Waals surface area contributed by atoms with Crippen molar-refractivity contribution in [1.29, 1.82) is 0 Å². The van der Waals surface area contributed by atoms with Crippen LogP contribution in [-0.2, 0) is 9.53 Å². The molecule has 1 rings (SSSR count). The number of hydrogen-bond donors (Lipinski definition) is 0. The molecule has 15 heavy (non-hydrogen) atoms. The third-order valence-electron chi connectivity index (χ3n) is 1.79. The van der Waals surface area contributed by atoms with Gasteiger partial charge in [-0.2, -0.15) is 0 Å². The van der Waals surface area contributed by atoms with Crippen LogP contribution in [0.2, 0.25) is 0 Å². The van der Waals surface area contributed by atoms with E-state index in [9.17, 15) is 4.79 Å². The number of benzene rings is 1. The van der Waals surface area contributed by atoms with E-state index in [0.29, 0.717) is 12.2 Å². The first kappa shape index (κ1) is 12.0. The molecule has 0 saturated heterocycles. The molecule has 1 aromatic rings. The average Bonchev–Trinajstić information content (AvgIpc) is 2.22. The van der Waals surface area contributed by atoms with Crippen LogP contribution in [0.1, 0.15) is 12.5 Å². The zero-order chi connectivity index (χ0) is 11.3. The van der Waals surface area contributed by atoms with Crippen LogP contribution in [-0.4, -0.2) is 12.6 Å². The number of ether oxygens (including phenoxy) is 1. The third-order valence-corrected chi connectivity index (χ3v) is 2.51. The molecule has 0 aliphatic carbocycles. The highest BCUT2D eigenvalue weighted by Crippen LogP contribution is 2.16. The standard InChI is InChI=1S/C12H11IO2/c1-3-11(12(14)15-4-2)9-5-7-10(13)8-6-9/h5-8H,1,4H2,2H3. The van der Waals surface area contributed by atoms with Gasteiger partial charge in [-0.1, -0.05) is 18.7 Å². The highest BCUT2D eigenvalue weighted by molar-refractivity contribution is 14.1. The number of hydrogen-bond acceptors (Lipinski definition) is 2. The van der Waals surface area contributed by atoms with Gasteiger partial charge in [-0.05, 0) is 47.2 Å². The second-order valence-corrected chi connectivity index (χ2v) is 4.02. The lowest BCUT2D eigenvalue weighted by Gasteiger charge is -2.04. The fourth-order valence-corrected chi connectivity index (χ4v) is 1.47. The van der Waals surface area contributed by atoms with E-state index in [4.69, 9.17) is 4.74 Å². The summed E-state index contributed by atoms with van der Waals surface area (Å²) in [6, 6.07) is 7.55.